The fourth-order valence-electron chi connectivity index (χ4n) is 1.32. The first kappa shape index (κ1) is 14.0. The first-order chi connectivity index (χ1) is 9.06. The summed E-state index contributed by atoms with van der Waals surface area (Å²) in [4.78, 5) is 11.7. The van der Waals surface area contributed by atoms with Gasteiger partial charge in [-0.25, -0.2) is 0 Å². The van der Waals surface area contributed by atoms with Crippen molar-refractivity contribution in [3.63, 3.8) is 0 Å². The number of anilines is 1. The highest BCUT2D eigenvalue weighted by Gasteiger charge is 2.05. The number of aryl methyl sites for hydroxylation is 1. The first-order valence-corrected chi connectivity index (χ1v) is 6.86. The lowest BCUT2D eigenvalue weighted by molar-refractivity contribution is -0.111. The summed E-state index contributed by atoms with van der Waals surface area (Å²) in [5.74, 6) is -0.313. The number of hydrogen-bond donors (Lipinski definition) is 1. The zero-order chi connectivity index (χ0) is 13.8. The van der Waals surface area contributed by atoms with E-state index in [-0.39, 0.29) is 5.91 Å². The molecule has 1 heterocycles. The maximum absolute atomic E-state index is 11.7. The molecular weight excluding hydrogens is 305 g/mol. The van der Waals surface area contributed by atoms with Crippen LogP contribution >= 0.6 is 34.5 Å². The Morgan fingerprint density at radius 3 is 2.58 bits per heavy atom. The number of hydrogen-bond acceptors (Lipinski definition) is 4. The Bertz CT molecular complexity index is 619. The van der Waals surface area contributed by atoms with Gasteiger partial charge in [-0.05, 0) is 25.1 Å². The molecule has 1 aromatic heterocycles. The van der Waals surface area contributed by atoms with Gasteiger partial charge in [0.05, 0.1) is 0 Å². The smallest absolute Gasteiger partial charge is 0.250 e. The normalized spacial score (nSPS) is 10.9. The van der Waals surface area contributed by atoms with Gasteiger partial charge in [0, 0.05) is 21.7 Å². The molecule has 0 atom stereocenters. The summed E-state index contributed by atoms with van der Waals surface area (Å²) in [5, 5.41) is 12.4. The van der Waals surface area contributed by atoms with Crippen LogP contribution in [0.15, 0.2) is 24.3 Å². The highest BCUT2D eigenvalue weighted by Crippen LogP contribution is 2.25. The van der Waals surface area contributed by atoms with Crippen LogP contribution in [-0.4, -0.2) is 16.1 Å². The molecule has 0 fully saturated rings. The quantitative estimate of drug-likeness (QED) is 0.877. The lowest BCUT2D eigenvalue weighted by Gasteiger charge is -2.00. The van der Waals surface area contributed by atoms with E-state index < -0.39 is 0 Å². The lowest BCUT2D eigenvalue weighted by Crippen LogP contribution is -2.07. The molecule has 2 aromatic rings. The van der Waals surface area contributed by atoms with Crippen LogP contribution in [0.25, 0.3) is 6.08 Å². The van der Waals surface area contributed by atoms with Crippen molar-refractivity contribution in [3.8, 4) is 0 Å². The number of aromatic nitrogens is 2. The van der Waals surface area contributed by atoms with Gasteiger partial charge in [0.2, 0.25) is 11.0 Å². The molecule has 0 saturated carbocycles. The molecule has 7 heteroatoms. The number of rotatable bonds is 3. The molecule has 0 radical (unpaired) electrons. The molecule has 0 bridgehead atoms. The van der Waals surface area contributed by atoms with E-state index in [0.717, 1.165) is 5.01 Å². The van der Waals surface area contributed by atoms with E-state index in [0.29, 0.717) is 20.7 Å². The van der Waals surface area contributed by atoms with Crippen LogP contribution in [0.2, 0.25) is 10.0 Å². The summed E-state index contributed by atoms with van der Waals surface area (Å²) in [7, 11) is 0. The van der Waals surface area contributed by atoms with Crippen molar-refractivity contribution < 1.29 is 4.79 Å². The monoisotopic (exact) mass is 313 g/mol. The summed E-state index contributed by atoms with van der Waals surface area (Å²) < 4.78 is 0. The highest BCUT2D eigenvalue weighted by atomic mass is 35.5. The van der Waals surface area contributed by atoms with Gasteiger partial charge in [0.25, 0.3) is 0 Å². The largest absolute Gasteiger partial charge is 0.297 e. The molecule has 2 rings (SSSR count). The molecule has 1 aromatic carbocycles. The van der Waals surface area contributed by atoms with Crippen molar-refractivity contribution in [2.45, 2.75) is 6.92 Å². The maximum Gasteiger partial charge on any atom is 0.250 e. The van der Waals surface area contributed by atoms with Crippen molar-refractivity contribution in [2.24, 2.45) is 0 Å². The Balaban J connectivity index is 2.08. The number of carbonyl (C=O) groups excluding carboxylic acids is 1. The van der Waals surface area contributed by atoms with Gasteiger partial charge < -0.3 is 0 Å². The third-order valence-electron chi connectivity index (χ3n) is 2.16. The second-order valence-electron chi connectivity index (χ2n) is 3.58. The van der Waals surface area contributed by atoms with Crippen LogP contribution < -0.4 is 5.32 Å². The van der Waals surface area contributed by atoms with E-state index >= 15 is 0 Å². The summed E-state index contributed by atoms with van der Waals surface area (Å²) in [6.07, 6.45) is 2.91. The molecule has 0 aliphatic carbocycles. The number of nitrogens with one attached hydrogen (secondary N) is 1. The average Bonchev–Trinajstić information content (AvgIpc) is 2.74. The summed E-state index contributed by atoms with van der Waals surface area (Å²) in [6, 6.07) is 5.16. The summed E-state index contributed by atoms with van der Waals surface area (Å²) >= 11 is 13.3. The van der Waals surface area contributed by atoms with Crippen molar-refractivity contribution >= 4 is 51.7 Å². The van der Waals surface area contributed by atoms with Gasteiger partial charge in [0.1, 0.15) is 5.01 Å². The summed E-state index contributed by atoms with van der Waals surface area (Å²) in [5.41, 5.74) is 0.606. The predicted octanol–water partition coefficient (Wildman–Crippen LogP) is 3.81. The van der Waals surface area contributed by atoms with Crippen molar-refractivity contribution in [1.29, 1.82) is 0 Å². The Morgan fingerprint density at radius 1 is 1.32 bits per heavy atom. The minimum atomic E-state index is -0.313. The minimum Gasteiger partial charge on any atom is -0.297 e. The molecule has 0 spiro atoms. The van der Waals surface area contributed by atoms with Crippen LogP contribution in [-0.2, 0) is 4.79 Å². The van der Waals surface area contributed by atoms with Crippen molar-refractivity contribution in [2.75, 3.05) is 5.32 Å². The number of nitrogens with zero attached hydrogens (tertiary/aromatic N) is 2. The maximum atomic E-state index is 11.7. The van der Waals surface area contributed by atoms with Crippen LogP contribution in [0, 0.1) is 6.92 Å². The topological polar surface area (TPSA) is 54.9 Å². The van der Waals surface area contributed by atoms with E-state index in [9.17, 15) is 4.79 Å². The number of benzene rings is 1. The van der Waals surface area contributed by atoms with Gasteiger partial charge in [-0.1, -0.05) is 40.6 Å². The second-order valence-corrected chi connectivity index (χ2v) is 5.58. The van der Waals surface area contributed by atoms with Gasteiger partial charge >= 0.3 is 0 Å². The molecule has 98 valence electrons. The molecule has 0 unspecified atom stereocenters. The van der Waals surface area contributed by atoms with Crippen LogP contribution in [0.5, 0.6) is 0 Å². The fourth-order valence-corrected chi connectivity index (χ4v) is 2.44. The number of amides is 1. The Labute approximate surface area is 124 Å². The molecule has 0 aliphatic heterocycles. The Kier molecular flexibility index (Phi) is 4.52. The third-order valence-corrected chi connectivity index (χ3v) is 3.57. The van der Waals surface area contributed by atoms with E-state index in [1.165, 1.54) is 17.4 Å². The average molecular weight is 314 g/mol. The molecule has 1 amide bonds. The fraction of sp³-hybridized carbons (Fsp3) is 0.0833. The number of carbonyl (C=O) groups is 1. The molecule has 0 saturated heterocycles. The SMILES string of the molecule is Cc1nnc(NC(=O)/C=C/c2c(Cl)cccc2Cl)s1. The Hall–Kier alpha value is -1.43. The molecule has 0 aliphatic rings. The van der Waals surface area contributed by atoms with Crippen molar-refractivity contribution in [3.05, 3.63) is 44.9 Å². The highest BCUT2D eigenvalue weighted by molar-refractivity contribution is 7.15. The standard InChI is InChI=1S/C12H9Cl2N3OS/c1-7-16-17-12(19-7)15-11(18)6-5-8-9(13)3-2-4-10(8)14/h2-6H,1H3,(H,15,17,18)/b6-5+. The van der Waals surface area contributed by atoms with Crippen LogP contribution in [0.1, 0.15) is 10.6 Å². The molecule has 1 N–H and O–H groups in total. The second kappa shape index (κ2) is 6.14. The minimum absolute atomic E-state index is 0.313. The third kappa shape index (κ3) is 3.76. The first-order valence-electron chi connectivity index (χ1n) is 5.29. The van der Waals surface area contributed by atoms with E-state index in [1.54, 1.807) is 24.3 Å². The van der Waals surface area contributed by atoms with E-state index in [4.69, 9.17) is 23.2 Å². The van der Waals surface area contributed by atoms with E-state index in [1.807, 2.05) is 6.92 Å². The van der Waals surface area contributed by atoms with Crippen molar-refractivity contribution in [1.82, 2.24) is 10.2 Å². The molecule has 4 nitrogen and oxygen atoms in total. The zero-order valence-corrected chi connectivity index (χ0v) is 12.2. The predicted molar refractivity (Wildman–Crippen MR) is 78.8 cm³/mol. The summed E-state index contributed by atoms with van der Waals surface area (Å²) in [6.45, 7) is 1.81. The zero-order valence-electron chi connectivity index (χ0n) is 9.85. The Morgan fingerprint density at radius 2 is 2.00 bits per heavy atom. The molecular formula is C12H9Cl2N3OS. The van der Waals surface area contributed by atoms with Gasteiger partial charge in [-0.3, -0.25) is 10.1 Å². The number of halogens is 2. The van der Waals surface area contributed by atoms with Gasteiger partial charge in [-0.15, -0.1) is 10.2 Å². The van der Waals surface area contributed by atoms with Crippen LogP contribution in [0.4, 0.5) is 5.13 Å². The van der Waals surface area contributed by atoms with Gasteiger partial charge in [0.15, 0.2) is 0 Å². The lowest BCUT2D eigenvalue weighted by atomic mass is 10.2. The van der Waals surface area contributed by atoms with Crippen LogP contribution in [0.3, 0.4) is 0 Å². The molecule has 19 heavy (non-hydrogen) atoms. The van der Waals surface area contributed by atoms with E-state index in [2.05, 4.69) is 15.5 Å². The van der Waals surface area contributed by atoms with Gasteiger partial charge in [-0.2, -0.15) is 0 Å².